The van der Waals surface area contributed by atoms with Gasteiger partial charge in [-0.15, -0.1) is 0 Å². The zero-order chi connectivity index (χ0) is 18.1. The van der Waals surface area contributed by atoms with Gasteiger partial charge in [0.25, 0.3) is 0 Å². The highest BCUT2D eigenvalue weighted by atomic mass is 16.5. The van der Waals surface area contributed by atoms with Crippen LogP contribution in [0.3, 0.4) is 0 Å². The molecule has 5 nitrogen and oxygen atoms in total. The van der Waals surface area contributed by atoms with E-state index in [4.69, 9.17) is 14.6 Å². The topological polar surface area (TPSA) is 72.8 Å². The molecule has 0 amide bonds. The highest BCUT2D eigenvalue weighted by Crippen LogP contribution is 2.16. The van der Waals surface area contributed by atoms with Gasteiger partial charge in [0.1, 0.15) is 5.75 Å². The van der Waals surface area contributed by atoms with Crippen molar-refractivity contribution in [1.29, 1.82) is 0 Å². The number of rotatable bonds is 8. The lowest BCUT2D eigenvalue weighted by Crippen LogP contribution is -2.09. The Morgan fingerprint density at radius 3 is 2.12 bits per heavy atom. The van der Waals surface area contributed by atoms with Crippen LogP contribution >= 0.6 is 0 Å². The second-order valence-electron chi connectivity index (χ2n) is 5.57. The Morgan fingerprint density at radius 2 is 1.52 bits per heavy atom. The zero-order valence-electron chi connectivity index (χ0n) is 14.2. The van der Waals surface area contributed by atoms with Crippen LogP contribution in [-0.2, 0) is 11.2 Å². The molecule has 0 fully saturated rings. The fourth-order valence-electron chi connectivity index (χ4n) is 2.19. The van der Waals surface area contributed by atoms with E-state index in [1.807, 2.05) is 19.1 Å². The number of carbonyl (C=O) groups excluding carboxylic acids is 2. The van der Waals surface area contributed by atoms with Crippen LogP contribution in [0.5, 0.6) is 5.75 Å². The van der Waals surface area contributed by atoms with Crippen LogP contribution in [0.4, 0.5) is 0 Å². The maximum atomic E-state index is 12.1. The van der Waals surface area contributed by atoms with E-state index in [2.05, 4.69) is 0 Å². The molecule has 0 saturated carbocycles. The maximum Gasteiger partial charge on any atom is 0.343 e. The molecule has 0 unspecified atom stereocenters. The molecule has 0 bridgehead atoms. The first-order chi connectivity index (χ1) is 12.1. The second-order valence-corrected chi connectivity index (χ2v) is 5.57. The first-order valence-corrected chi connectivity index (χ1v) is 8.33. The van der Waals surface area contributed by atoms with Crippen molar-refractivity contribution in [1.82, 2.24) is 0 Å². The molecule has 2 aromatic rings. The molecule has 2 rings (SSSR count). The van der Waals surface area contributed by atoms with Crippen molar-refractivity contribution in [2.45, 2.75) is 26.2 Å². The predicted molar refractivity (Wildman–Crippen MR) is 93.8 cm³/mol. The Balaban J connectivity index is 1.94. The van der Waals surface area contributed by atoms with E-state index in [0.717, 1.165) is 18.4 Å². The molecule has 0 aliphatic heterocycles. The molecule has 0 radical (unpaired) electrons. The summed E-state index contributed by atoms with van der Waals surface area (Å²) in [6.07, 6.45) is 2.22. The SMILES string of the molecule is CCCOC(=O)c1ccc(OC(=O)c2ccc(CCCO)cc2)cc1. The summed E-state index contributed by atoms with van der Waals surface area (Å²) in [6.45, 7) is 2.45. The van der Waals surface area contributed by atoms with Gasteiger partial charge >= 0.3 is 11.9 Å². The number of aryl methyl sites for hydroxylation is 1. The minimum absolute atomic E-state index is 0.145. The molecule has 0 aliphatic carbocycles. The molecule has 5 heteroatoms. The summed E-state index contributed by atoms with van der Waals surface area (Å²) in [5, 5.41) is 8.83. The highest BCUT2D eigenvalue weighted by molar-refractivity contribution is 5.92. The number of hydrogen-bond acceptors (Lipinski definition) is 5. The van der Waals surface area contributed by atoms with Crippen molar-refractivity contribution in [3.8, 4) is 5.75 Å². The van der Waals surface area contributed by atoms with Gasteiger partial charge in [-0.3, -0.25) is 0 Å². The summed E-state index contributed by atoms with van der Waals surface area (Å²) in [7, 11) is 0. The summed E-state index contributed by atoms with van der Waals surface area (Å²) in [5.41, 5.74) is 1.92. The molecule has 132 valence electrons. The van der Waals surface area contributed by atoms with Crippen LogP contribution in [0.15, 0.2) is 48.5 Å². The van der Waals surface area contributed by atoms with Crippen LogP contribution in [0.25, 0.3) is 0 Å². The molecular weight excluding hydrogens is 320 g/mol. The van der Waals surface area contributed by atoms with Crippen LogP contribution in [0.1, 0.15) is 46.0 Å². The lowest BCUT2D eigenvalue weighted by atomic mass is 10.1. The molecule has 0 saturated heterocycles. The van der Waals surface area contributed by atoms with Crippen molar-refractivity contribution in [3.05, 3.63) is 65.2 Å². The van der Waals surface area contributed by atoms with E-state index < -0.39 is 11.9 Å². The summed E-state index contributed by atoms with van der Waals surface area (Å²) in [5.74, 6) is -0.491. The molecule has 25 heavy (non-hydrogen) atoms. The third-order valence-electron chi connectivity index (χ3n) is 3.55. The summed E-state index contributed by atoms with van der Waals surface area (Å²) >= 11 is 0. The van der Waals surface area contributed by atoms with E-state index in [-0.39, 0.29) is 6.61 Å². The van der Waals surface area contributed by atoms with Crippen LogP contribution < -0.4 is 4.74 Å². The first kappa shape index (κ1) is 18.7. The Labute approximate surface area is 147 Å². The summed E-state index contributed by atoms with van der Waals surface area (Å²) < 4.78 is 10.4. The van der Waals surface area contributed by atoms with Gasteiger partial charge in [0.2, 0.25) is 0 Å². The van der Waals surface area contributed by atoms with Gasteiger partial charge in [0.05, 0.1) is 17.7 Å². The average Bonchev–Trinajstić information content (AvgIpc) is 2.65. The molecule has 1 N–H and O–H groups in total. The Bertz CT molecular complexity index is 689. The molecule has 0 atom stereocenters. The quantitative estimate of drug-likeness (QED) is 0.588. The van der Waals surface area contributed by atoms with Gasteiger partial charge in [0, 0.05) is 6.61 Å². The Morgan fingerprint density at radius 1 is 0.920 bits per heavy atom. The number of aliphatic hydroxyl groups excluding tert-OH is 1. The molecule has 0 aromatic heterocycles. The Hall–Kier alpha value is -2.66. The average molecular weight is 342 g/mol. The van der Waals surface area contributed by atoms with Crippen LogP contribution in [-0.4, -0.2) is 30.3 Å². The van der Waals surface area contributed by atoms with E-state index in [0.29, 0.717) is 29.9 Å². The van der Waals surface area contributed by atoms with E-state index in [9.17, 15) is 9.59 Å². The molecule has 0 aliphatic rings. The van der Waals surface area contributed by atoms with Crippen molar-refractivity contribution >= 4 is 11.9 Å². The van der Waals surface area contributed by atoms with Gasteiger partial charge in [-0.25, -0.2) is 9.59 Å². The lowest BCUT2D eigenvalue weighted by Gasteiger charge is -2.07. The van der Waals surface area contributed by atoms with E-state index in [1.54, 1.807) is 36.4 Å². The molecular formula is C20H22O5. The predicted octanol–water partition coefficient (Wildman–Crippen LogP) is 3.40. The van der Waals surface area contributed by atoms with Gasteiger partial charge in [-0.1, -0.05) is 19.1 Å². The highest BCUT2D eigenvalue weighted by Gasteiger charge is 2.10. The number of ether oxygens (including phenoxy) is 2. The van der Waals surface area contributed by atoms with Crippen molar-refractivity contribution < 1.29 is 24.2 Å². The van der Waals surface area contributed by atoms with Gasteiger partial charge < -0.3 is 14.6 Å². The number of hydrogen-bond donors (Lipinski definition) is 1. The molecule has 0 heterocycles. The smallest absolute Gasteiger partial charge is 0.343 e. The standard InChI is InChI=1S/C20H22O5/c1-2-14-24-19(22)16-9-11-18(12-10-16)25-20(23)17-7-5-15(6-8-17)4-3-13-21/h5-12,21H,2-4,13-14H2,1H3. The fourth-order valence-corrected chi connectivity index (χ4v) is 2.19. The van der Waals surface area contributed by atoms with Crippen molar-refractivity contribution in [2.24, 2.45) is 0 Å². The molecule has 2 aromatic carbocycles. The second kappa shape index (κ2) is 9.59. The maximum absolute atomic E-state index is 12.1. The third kappa shape index (κ3) is 5.72. The number of esters is 2. The number of benzene rings is 2. The summed E-state index contributed by atoms with van der Waals surface area (Å²) in [4.78, 5) is 23.9. The third-order valence-corrected chi connectivity index (χ3v) is 3.55. The Kier molecular flexibility index (Phi) is 7.16. The van der Waals surface area contributed by atoms with E-state index in [1.165, 1.54) is 0 Å². The van der Waals surface area contributed by atoms with Crippen LogP contribution in [0.2, 0.25) is 0 Å². The normalized spacial score (nSPS) is 10.3. The first-order valence-electron chi connectivity index (χ1n) is 8.33. The number of aliphatic hydroxyl groups is 1. The van der Waals surface area contributed by atoms with Crippen molar-refractivity contribution in [2.75, 3.05) is 13.2 Å². The zero-order valence-corrected chi connectivity index (χ0v) is 14.2. The van der Waals surface area contributed by atoms with Gasteiger partial charge in [-0.05, 0) is 61.2 Å². The van der Waals surface area contributed by atoms with Gasteiger partial charge in [-0.2, -0.15) is 0 Å². The molecule has 0 spiro atoms. The van der Waals surface area contributed by atoms with Gasteiger partial charge in [0.15, 0.2) is 0 Å². The summed E-state index contributed by atoms with van der Waals surface area (Å²) in [6, 6.07) is 13.4. The fraction of sp³-hybridized carbons (Fsp3) is 0.300. The minimum Gasteiger partial charge on any atom is -0.462 e. The lowest BCUT2D eigenvalue weighted by molar-refractivity contribution is 0.0505. The number of carbonyl (C=O) groups is 2. The monoisotopic (exact) mass is 342 g/mol. The largest absolute Gasteiger partial charge is 0.462 e. The van der Waals surface area contributed by atoms with Crippen molar-refractivity contribution in [3.63, 3.8) is 0 Å². The van der Waals surface area contributed by atoms with Crippen LogP contribution in [0, 0.1) is 0 Å². The minimum atomic E-state index is -0.463. The van der Waals surface area contributed by atoms with E-state index >= 15 is 0 Å².